The fourth-order valence-electron chi connectivity index (χ4n) is 4.53. The van der Waals surface area contributed by atoms with Crippen molar-refractivity contribution in [3.05, 3.63) is 60.4 Å². The van der Waals surface area contributed by atoms with E-state index in [-0.39, 0.29) is 12.2 Å². The quantitative estimate of drug-likeness (QED) is 0.288. The van der Waals surface area contributed by atoms with Crippen molar-refractivity contribution in [1.82, 2.24) is 34.4 Å². The van der Waals surface area contributed by atoms with E-state index in [0.29, 0.717) is 57.0 Å². The molecule has 5 aromatic rings. The highest BCUT2D eigenvalue weighted by atomic mass is 35.5. The van der Waals surface area contributed by atoms with Gasteiger partial charge in [0.05, 0.1) is 29.6 Å². The second-order valence-corrected chi connectivity index (χ2v) is 9.68. The number of rotatable bonds is 7. The maximum absolute atomic E-state index is 14.9. The Morgan fingerprint density at radius 2 is 1.90 bits per heavy atom. The van der Waals surface area contributed by atoms with Crippen LogP contribution >= 0.6 is 11.6 Å². The number of likely N-dealkylation sites (tertiary alicyclic amines) is 1. The number of fused-ring (bicyclic) bond motifs is 2. The van der Waals surface area contributed by atoms with Crippen molar-refractivity contribution in [1.29, 1.82) is 0 Å². The fraction of sp³-hybridized carbons (Fsp3) is 0.269. The van der Waals surface area contributed by atoms with Gasteiger partial charge in [0.2, 0.25) is 5.88 Å². The van der Waals surface area contributed by atoms with Crippen LogP contribution in [0, 0.1) is 0 Å². The highest BCUT2D eigenvalue weighted by molar-refractivity contribution is 6.32. The monoisotopic (exact) mass is 568 g/mol. The highest BCUT2D eigenvalue weighted by Crippen LogP contribution is 2.42. The van der Waals surface area contributed by atoms with Gasteiger partial charge in [-0.15, -0.1) is 0 Å². The number of nitrogens with one attached hydrogen (secondary N) is 1. The molecule has 1 saturated heterocycles. The summed E-state index contributed by atoms with van der Waals surface area (Å²) in [7, 11) is 3.11. The maximum atomic E-state index is 14.9. The van der Waals surface area contributed by atoms with Crippen LogP contribution in [0.3, 0.4) is 0 Å². The van der Waals surface area contributed by atoms with Crippen molar-refractivity contribution in [2.75, 3.05) is 32.6 Å². The first kappa shape index (κ1) is 25.9. The first-order valence-electron chi connectivity index (χ1n) is 12.3. The zero-order valence-electron chi connectivity index (χ0n) is 21.4. The predicted octanol–water partition coefficient (Wildman–Crippen LogP) is 4.98. The Bertz CT molecular complexity index is 1700. The Balaban J connectivity index is 1.31. The molecule has 206 valence electrons. The van der Waals surface area contributed by atoms with Crippen molar-refractivity contribution in [2.24, 2.45) is 0 Å². The molecule has 0 bridgehead atoms. The summed E-state index contributed by atoms with van der Waals surface area (Å²) in [6.45, 7) is 0.0753. The van der Waals surface area contributed by atoms with Gasteiger partial charge in [-0.3, -0.25) is 0 Å². The Morgan fingerprint density at radius 1 is 1.05 bits per heavy atom. The van der Waals surface area contributed by atoms with Crippen LogP contribution in [0.15, 0.2) is 55.4 Å². The van der Waals surface area contributed by atoms with E-state index >= 15 is 0 Å². The van der Waals surface area contributed by atoms with Gasteiger partial charge in [-0.25, -0.2) is 33.2 Å². The van der Waals surface area contributed by atoms with Gasteiger partial charge in [0.15, 0.2) is 23.3 Å². The summed E-state index contributed by atoms with van der Waals surface area (Å²) in [5.74, 6) is -1.63. The van der Waals surface area contributed by atoms with E-state index in [0.717, 1.165) is 0 Å². The number of hydrogen-bond acceptors (Lipinski definition) is 10. The summed E-state index contributed by atoms with van der Waals surface area (Å²) in [5, 5.41) is 7.90. The number of anilines is 2. The zero-order chi connectivity index (χ0) is 27.9. The van der Waals surface area contributed by atoms with Gasteiger partial charge in [0.25, 0.3) is 5.92 Å². The lowest BCUT2D eigenvalue weighted by molar-refractivity contribution is -0.135. The second kappa shape index (κ2) is 10.3. The molecule has 40 heavy (non-hydrogen) atoms. The molecule has 3 aromatic heterocycles. The smallest absolute Gasteiger partial charge is 0.296 e. The first-order valence-corrected chi connectivity index (χ1v) is 12.6. The van der Waals surface area contributed by atoms with E-state index in [1.54, 1.807) is 48.3 Å². The molecule has 1 aliphatic heterocycles. The molecule has 1 atom stereocenters. The number of nitrogens with zero attached hydrogens (tertiary/aromatic N) is 7. The van der Waals surface area contributed by atoms with E-state index in [1.165, 1.54) is 30.6 Å². The van der Waals surface area contributed by atoms with E-state index < -0.39 is 18.6 Å². The van der Waals surface area contributed by atoms with E-state index in [9.17, 15) is 8.78 Å². The van der Waals surface area contributed by atoms with Crippen LogP contribution in [0.2, 0.25) is 5.02 Å². The molecule has 0 radical (unpaired) electrons. The molecule has 0 saturated carbocycles. The predicted molar refractivity (Wildman–Crippen MR) is 143 cm³/mol. The lowest BCUT2D eigenvalue weighted by Gasteiger charge is -2.36. The minimum absolute atomic E-state index is 0.137. The Morgan fingerprint density at radius 3 is 2.70 bits per heavy atom. The average molecular weight is 569 g/mol. The fourth-order valence-corrected chi connectivity index (χ4v) is 4.75. The number of benzene rings is 2. The third-order valence-corrected chi connectivity index (χ3v) is 6.78. The van der Waals surface area contributed by atoms with Crippen LogP contribution in [0.25, 0.3) is 16.6 Å². The van der Waals surface area contributed by atoms with Crippen LogP contribution < -0.4 is 19.5 Å². The van der Waals surface area contributed by atoms with Gasteiger partial charge in [-0.1, -0.05) is 11.6 Å². The van der Waals surface area contributed by atoms with Gasteiger partial charge >= 0.3 is 0 Å². The van der Waals surface area contributed by atoms with Gasteiger partial charge < -0.3 is 24.4 Å². The Hall–Kier alpha value is -4.36. The second-order valence-electron chi connectivity index (χ2n) is 9.27. The number of alkyl halides is 2. The molecule has 4 heterocycles. The minimum atomic E-state index is -3.06. The third kappa shape index (κ3) is 5.00. The third-order valence-electron chi connectivity index (χ3n) is 6.48. The van der Waals surface area contributed by atoms with Crippen LogP contribution in [0.1, 0.15) is 6.42 Å². The number of hydrogen-bond donors (Lipinski definition) is 1. The molecule has 0 spiro atoms. The van der Waals surface area contributed by atoms with Crippen LogP contribution in [0.4, 0.5) is 20.3 Å². The average Bonchev–Trinajstić information content (AvgIpc) is 3.39. The van der Waals surface area contributed by atoms with Crippen molar-refractivity contribution < 1.29 is 23.0 Å². The molecule has 14 heteroatoms. The van der Waals surface area contributed by atoms with Gasteiger partial charge in [-0.05, 0) is 37.4 Å². The molecule has 0 aliphatic carbocycles. The summed E-state index contributed by atoms with van der Waals surface area (Å²) in [5.41, 5.74) is 1.63. The Labute approximate surface area is 231 Å². The highest BCUT2D eigenvalue weighted by Gasteiger charge is 2.46. The molecular formula is C26H23ClF2N8O3. The van der Waals surface area contributed by atoms with Gasteiger partial charge in [0.1, 0.15) is 30.5 Å². The topological polar surface area (TPSA) is 112 Å². The minimum Gasteiger partial charge on any atom is -0.493 e. The Kier molecular flexibility index (Phi) is 6.68. The summed E-state index contributed by atoms with van der Waals surface area (Å²) >= 11 is 6.52. The number of methoxy groups -OCH3 is 1. The summed E-state index contributed by atoms with van der Waals surface area (Å²) in [4.78, 5) is 18.6. The standard InChI is InChI=1S/C26H23ClF2N8O3/c1-36-8-7-20(26(28,29)11-36)40-24-19(38-2)6-4-17-23(24)25(32-12-30-17)35-15-3-5-18(16(27)9-15)39-22-10-21-31-13-34-37(21)14-33-22/h3-6,9-10,12-14,20H,7-8,11H2,1-2H3,(H,30,32,35). The van der Waals surface area contributed by atoms with Crippen LogP contribution in [0.5, 0.6) is 23.1 Å². The molecule has 11 nitrogen and oxygen atoms in total. The van der Waals surface area contributed by atoms with E-state index in [4.69, 9.17) is 25.8 Å². The molecule has 1 fully saturated rings. The van der Waals surface area contributed by atoms with Crippen LogP contribution in [-0.2, 0) is 0 Å². The number of halogens is 3. The molecule has 1 N–H and O–H groups in total. The summed E-state index contributed by atoms with van der Waals surface area (Å²) in [6, 6.07) is 10.0. The largest absolute Gasteiger partial charge is 0.493 e. The van der Waals surface area contributed by atoms with Gasteiger partial charge in [-0.2, -0.15) is 5.10 Å². The lowest BCUT2D eigenvalue weighted by atomic mass is 10.0. The van der Waals surface area contributed by atoms with Crippen molar-refractivity contribution in [2.45, 2.75) is 18.4 Å². The molecular weight excluding hydrogens is 546 g/mol. The number of aromatic nitrogens is 6. The molecule has 6 rings (SSSR count). The SMILES string of the molecule is COc1ccc2ncnc(Nc3ccc(Oc4cc5ncnn5cn4)c(Cl)c3)c2c1OC1CCN(C)CC1(F)F. The number of piperidine rings is 1. The molecule has 1 aliphatic rings. The van der Waals surface area contributed by atoms with Crippen molar-refractivity contribution >= 4 is 39.7 Å². The summed E-state index contributed by atoms with van der Waals surface area (Å²) < 4.78 is 48.6. The van der Waals surface area contributed by atoms with E-state index in [1.807, 2.05) is 0 Å². The lowest BCUT2D eigenvalue weighted by Crippen LogP contribution is -2.52. The molecule has 0 amide bonds. The maximum Gasteiger partial charge on any atom is 0.296 e. The zero-order valence-corrected chi connectivity index (χ0v) is 22.1. The van der Waals surface area contributed by atoms with Crippen molar-refractivity contribution in [3.63, 3.8) is 0 Å². The van der Waals surface area contributed by atoms with Crippen molar-refractivity contribution in [3.8, 4) is 23.1 Å². The molecule has 1 unspecified atom stereocenters. The normalized spacial score (nSPS) is 17.2. The summed E-state index contributed by atoms with van der Waals surface area (Å²) in [6.07, 6.45) is 3.08. The number of ether oxygens (including phenoxy) is 3. The van der Waals surface area contributed by atoms with Gasteiger partial charge in [0, 0.05) is 24.7 Å². The van der Waals surface area contributed by atoms with E-state index in [2.05, 4.69) is 30.4 Å². The van der Waals surface area contributed by atoms with Crippen LogP contribution in [-0.4, -0.2) is 73.7 Å². The molecule has 2 aromatic carbocycles. The first-order chi connectivity index (χ1) is 19.3.